The number of esters is 1. The van der Waals surface area contributed by atoms with Gasteiger partial charge in [-0.1, -0.05) is 72.8 Å². The van der Waals surface area contributed by atoms with Crippen LogP contribution >= 0.6 is 0 Å². The van der Waals surface area contributed by atoms with E-state index in [4.69, 9.17) is 4.74 Å². The average molecular weight is 444 g/mol. The van der Waals surface area contributed by atoms with Crippen LogP contribution in [0.15, 0.2) is 84.9 Å². The summed E-state index contributed by atoms with van der Waals surface area (Å²) in [6.07, 6.45) is 1.89. The molecular weight excluding hydrogens is 420 g/mol. The number of rotatable bonds is 8. The maximum Gasteiger partial charge on any atom is 0.348 e. The standard InChI is InChI=1S/C26H24N2O5/c29-23(28-22-14-8-7-13-21(22)24(30)27-20-15-16-20)17-33-25(31)26(32,18-9-3-1-4-10-18)19-11-5-2-6-12-19/h1-14,20,32H,15-17H2,(H,27,30)(H,28,29). The van der Waals surface area contributed by atoms with Crippen molar-refractivity contribution in [2.24, 2.45) is 0 Å². The van der Waals surface area contributed by atoms with Crippen molar-refractivity contribution in [1.29, 1.82) is 0 Å². The molecule has 4 rings (SSSR count). The van der Waals surface area contributed by atoms with Gasteiger partial charge in [0.1, 0.15) is 0 Å². The number of hydrogen-bond donors (Lipinski definition) is 3. The molecule has 168 valence electrons. The first kappa shape index (κ1) is 22.2. The minimum atomic E-state index is -2.08. The fourth-order valence-electron chi connectivity index (χ4n) is 3.46. The van der Waals surface area contributed by atoms with Gasteiger partial charge in [-0.05, 0) is 36.1 Å². The topological polar surface area (TPSA) is 105 Å². The monoisotopic (exact) mass is 444 g/mol. The molecule has 3 aromatic rings. The largest absolute Gasteiger partial charge is 0.453 e. The highest BCUT2D eigenvalue weighted by molar-refractivity contribution is 6.04. The van der Waals surface area contributed by atoms with Crippen LogP contribution in [0, 0.1) is 0 Å². The van der Waals surface area contributed by atoms with Crippen molar-refractivity contribution in [3.05, 3.63) is 102 Å². The van der Waals surface area contributed by atoms with Gasteiger partial charge >= 0.3 is 5.97 Å². The molecule has 0 unspecified atom stereocenters. The first-order valence-electron chi connectivity index (χ1n) is 10.7. The lowest BCUT2D eigenvalue weighted by Crippen LogP contribution is -2.40. The van der Waals surface area contributed by atoms with E-state index in [1.54, 1.807) is 84.9 Å². The van der Waals surface area contributed by atoms with Crippen LogP contribution in [0.3, 0.4) is 0 Å². The van der Waals surface area contributed by atoms with E-state index in [0.29, 0.717) is 22.4 Å². The molecular formula is C26H24N2O5. The van der Waals surface area contributed by atoms with Crippen molar-refractivity contribution in [3.63, 3.8) is 0 Å². The van der Waals surface area contributed by atoms with Crippen molar-refractivity contribution >= 4 is 23.5 Å². The van der Waals surface area contributed by atoms with Gasteiger partial charge in [-0.25, -0.2) is 4.79 Å². The number of amides is 2. The number of carbonyl (C=O) groups excluding carboxylic acids is 3. The molecule has 1 aliphatic rings. The van der Waals surface area contributed by atoms with Crippen LogP contribution in [0.1, 0.15) is 34.3 Å². The van der Waals surface area contributed by atoms with Crippen molar-refractivity contribution in [2.45, 2.75) is 24.5 Å². The van der Waals surface area contributed by atoms with E-state index in [9.17, 15) is 19.5 Å². The molecule has 1 aliphatic carbocycles. The van der Waals surface area contributed by atoms with Crippen LogP contribution in [0.5, 0.6) is 0 Å². The Balaban J connectivity index is 1.46. The third-order valence-electron chi connectivity index (χ3n) is 5.37. The Morgan fingerprint density at radius 1 is 0.848 bits per heavy atom. The third kappa shape index (κ3) is 5.10. The van der Waals surface area contributed by atoms with Gasteiger partial charge in [0.2, 0.25) is 5.60 Å². The molecule has 3 aromatic carbocycles. The highest BCUT2D eigenvalue weighted by Gasteiger charge is 2.41. The van der Waals surface area contributed by atoms with Crippen LogP contribution in [-0.4, -0.2) is 35.5 Å². The lowest BCUT2D eigenvalue weighted by Gasteiger charge is -2.27. The quantitative estimate of drug-likeness (QED) is 0.464. The molecule has 2 amide bonds. The van der Waals surface area contributed by atoms with Gasteiger partial charge in [0.25, 0.3) is 11.8 Å². The Morgan fingerprint density at radius 2 is 1.39 bits per heavy atom. The number of ether oxygens (including phenoxy) is 1. The molecule has 0 aromatic heterocycles. The molecule has 0 saturated heterocycles. The zero-order valence-corrected chi connectivity index (χ0v) is 17.9. The summed E-state index contributed by atoms with van der Waals surface area (Å²) < 4.78 is 5.22. The summed E-state index contributed by atoms with van der Waals surface area (Å²) in [6, 6.07) is 23.6. The maximum absolute atomic E-state index is 13.0. The molecule has 7 heteroatoms. The molecule has 3 N–H and O–H groups in total. The van der Waals surface area contributed by atoms with Gasteiger partial charge in [-0.3, -0.25) is 9.59 Å². The predicted octanol–water partition coefficient (Wildman–Crippen LogP) is 3.00. The summed E-state index contributed by atoms with van der Waals surface area (Å²) in [6.45, 7) is -0.626. The van der Waals surface area contributed by atoms with Gasteiger partial charge in [0.05, 0.1) is 11.3 Å². The molecule has 1 fully saturated rings. The molecule has 0 radical (unpaired) electrons. The number of benzene rings is 3. The van der Waals surface area contributed by atoms with Gasteiger partial charge in [-0.15, -0.1) is 0 Å². The Morgan fingerprint density at radius 3 is 1.97 bits per heavy atom. The SMILES string of the molecule is O=C(COC(=O)C(O)(c1ccccc1)c1ccccc1)Nc1ccccc1C(=O)NC1CC1. The van der Waals surface area contributed by atoms with Crippen molar-refractivity contribution < 1.29 is 24.2 Å². The van der Waals surface area contributed by atoms with E-state index in [2.05, 4.69) is 10.6 Å². The molecule has 0 aliphatic heterocycles. The molecule has 33 heavy (non-hydrogen) atoms. The second kappa shape index (κ2) is 9.67. The summed E-state index contributed by atoms with van der Waals surface area (Å²) in [5.41, 5.74) is -0.787. The van der Waals surface area contributed by atoms with Gasteiger partial charge in [0, 0.05) is 6.04 Å². The molecule has 0 spiro atoms. The van der Waals surface area contributed by atoms with E-state index < -0.39 is 24.1 Å². The van der Waals surface area contributed by atoms with Crippen LogP contribution < -0.4 is 10.6 Å². The molecule has 0 atom stereocenters. The number of anilines is 1. The van der Waals surface area contributed by atoms with Gasteiger partial charge in [0.15, 0.2) is 6.61 Å². The Labute approximate surface area is 191 Å². The lowest BCUT2D eigenvalue weighted by atomic mass is 9.86. The van der Waals surface area contributed by atoms with Crippen LogP contribution in [-0.2, 0) is 19.9 Å². The Kier molecular flexibility index (Phi) is 6.51. The highest BCUT2D eigenvalue weighted by atomic mass is 16.6. The van der Waals surface area contributed by atoms with Crippen molar-refractivity contribution in [2.75, 3.05) is 11.9 Å². The maximum atomic E-state index is 13.0. The summed E-state index contributed by atoms with van der Waals surface area (Å²) in [7, 11) is 0. The number of aliphatic hydroxyl groups is 1. The average Bonchev–Trinajstić information content (AvgIpc) is 3.67. The fraction of sp³-hybridized carbons (Fsp3) is 0.192. The minimum Gasteiger partial charge on any atom is -0.453 e. The Hall–Kier alpha value is -3.97. The number of hydrogen-bond acceptors (Lipinski definition) is 5. The molecule has 7 nitrogen and oxygen atoms in total. The first-order valence-corrected chi connectivity index (χ1v) is 10.7. The summed E-state index contributed by atoms with van der Waals surface area (Å²) in [5.74, 6) is -1.87. The van der Waals surface area contributed by atoms with E-state index in [-0.39, 0.29) is 11.9 Å². The van der Waals surface area contributed by atoms with Crippen molar-refractivity contribution in [3.8, 4) is 0 Å². The second-order valence-electron chi connectivity index (χ2n) is 7.86. The Bertz CT molecular complexity index is 1100. The van der Waals surface area contributed by atoms with Crippen LogP contribution in [0.25, 0.3) is 0 Å². The lowest BCUT2D eigenvalue weighted by molar-refractivity contribution is -0.163. The highest BCUT2D eigenvalue weighted by Crippen LogP contribution is 2.31. The molecule has 1 saturated carbocycles. The summed E-state index contributed by atoms with van der Waals surface area (Å²) in [5, 5.41) is 16.9. The summed E-state index contributed by atoms with van der Waals surface area (Å²) >= 11 is 0. The smallest absolute Gasteiger partial charge is 0.348 e. The molecule has 0 heterocycles. The van der Waals surface area contributed by atoms with Crippen LogP contribution in [0.2, 0.25) is 0 Å². The number of para-hydroxylation sites is 1. The second-order valence-corrected chi connectivity index (χ2v) is 7.86. The van der Waals surface area contributed by atoms with Gasteiger partial charge in [-0.2, -0.15) is 0 Å². The van der Waals surface area contributed by atoms with E-state index in [1.807, 2.05) is 0 Å². The normalized spacial score (nSPS) is 13.1. The zero-order valence-electron chi connectivity index (χ0n) is 17.9. The minimum absolute atomic E-state index is 0.177. The molecule has 0 bridgehead atoms. The zero-order chi connectivity index (χ0) is 23.3. The number of carbonyl (C=O) groups is 3. The fourth-order valence-corrected chi connectivity index (χ4v) is 3.46. The predicted molar refractivity (Wildman–Crippen MR) is 122 cm³/mol. The van der Waals surface area contributed by atoms with E-state index in [0.717, 1.165) is 12.8 Å². The van der Waals surface area contributed by atoms with E-state index in [1.165, 1.54) is 0 Å². The van der Waals surface area contributed by atoms with Gasteiger partial charge < -0.3 is 20.5 Å². The van der Waals surface area contributed by atoms with Crippen LogP contribution in [0.4, 0.5) is 5.69 Å². The summed E-state index contributed by atoms with van der Waals surface area (Å²) in [4.78, 5) is 38.0. The van der Waals surface area contributed by atoms with Crippen molar-refractivity contribution in [1.82, 2.24) is 5.32 Å². The third-order valence-corrected chi connectivity index (χ3v) is 5.37. The first-order chi connectivity index (χ1) is 16.0. The number of nitrogens with one attached hydrogen (secondary N) is 2. The van der Waals surface area contributed by atoms with E-state index >= 15 is 0 Å².